The molecule has 142 valence electrons. The molecule has 0 fully saturated rings. The largest absolute Gasteiger partial charge is 0.458 e. The summed E-state index contributed by atoms with van der Waals surface area (Å²) >= 11 is 6.26. The van der Waals surface area contributed by atoms with Crippen molar-refractivity contribution in [2.75, 3.05) is 0 Å². The van der Waals surface area contributed by atoms with Gasteiger partial charge in [-0.1, -0.05) is 41.9 Å². The lowest BCUT2D eigenvalue weighted by molar-refractivity contribution is 0.0632. The number of hydrogen-bond acceptors (Lipinski definition) is 3. The molecule has 0 unspecified atom stereocenters. The number of imide groups is 1. The average Bonchev–Trinajstić information content (AvgIpc) is 3.24. The highest BCUT2D eigenvalue weighted by Crippen LogP contribution is 2.37. The van der Waals surface area contributed by atoms with Gasteiger partial charge in [0, 0.05) is 16.0 Å². The highest BCUT2D eigenvalue weighted by atomic mass is 35.5. The third kappa shape index (κ3) is 2.74. The average molecular weight is 406 g/mol. The summed E-state index contributed by atoms with van der Waals surface area (Å²) in [4.78, 5) is 26.3. The Kier molecular flexibility index (Phi) is 4.00. The van der Waals surface area contributed by atoms with Gasteiger partial charge in [0.05, 0.1) is 23.2 Å². The van der Waals surface area contributed by atoms with Crippen molar-refractivity contribution in [2.45, 2.75) is 6.54 Å². The number of benzene rings is 3. The first kappa shape index (κ1) is 17.6. The van der Waals surface area contributed by atoms with Gasteiger partial charge in [-0.05, 0) is 36.4 Å². The van der Waals surface area contributed by atoms with E-state index in [0.717, 1.165) is 4.90 Å². The quantitative estimate of drug-likeness (QED) is 0.411. The molecule has 4 aromatic rings. The van der Waals surface area contributed by atoms with Crippen LogP contribution < -0.4 is 0 Å². The molecule has 0 aliphatic carbocycles. The number of fused-ring (bicyclic) bond motifs is 2. The highest BCUT2D eigenvalue weighted by Gasteiger charge is 2.35. The molecular weight excluding hydrogens is 393 g/mol. The molecule has 1 aliphatic rings. The van der Waals surface area contributed by atoms with E-state index in [2.05, 4.69) is 0 Å². The summed E-state index contributed by atoms with van der Waals surface area (Å²) < 4.78 is 20.6. The van der Waals surface area contributed by atoms with E-state index in [4.69, 9.17) is 16.0 Å². The third-order valence-electron chi connectivity index (χ3n) is 5.02. The van der Waals surface area contributed by atoms with E-state index in [1.54, 1.807) is 60.7 Å². The first-order valence-electron chi connectivity index (χ1n) is 8.95. The van der Waals surface area contributed by atoms with Crippen LogP contribution in [-0.4, -0.2) is 16.7 Å². The van der Waals surface area contributed by atoms with Crippen molar-refractivity contribution >= 4 is 34.4 Å². The number of hydrogen-bond donors (Lipinski definition) is 0. The van der Waals surface area contributed by atoms with Gasteiger partial charge >= 0.3 is 0 Å². The monoisotopic (exact) mass is 405 g/mol. The lowest BCUT2D eigenvalue weighted by Gasteiger charge is -2.11. The van der Waals surface area contributed by atoms with Crippen LogP contribution >= 0.6 is 11.6 Å². The van der Waals surface area contributed by atoms with Gasteiger partial charge in [0.25, 0.3) is 11.8 Å². The number of nitrogens with zero attached hydrogens (tertiary/aromatic N) is 1. The first-order chi connectivity index (χ1) is 14.0. The lowest BCUT2D eigenvalue weighted by atomic mass is 10.0. The summed E-state index contributed by atoms with van der Waals surface area (Å²) in [5.74, 6) is -0.826. The van der Waals surface area contributed by atoms with Gasteiger partial charge in [0.2, 0.25) is 0 Å². The Morgan fingerprint density at radius 2 is 1.48 bits per heavy atom. The predicted molar refractivity (Wildman–Crippen MR) is 107 cm³/mol. The number of carbonyl (C=O) groups excluding carboxylic acids is 2. The molecule has 0 bridgehead atoms. The highest BCUT2D eigenvalue weighted by molar-refractivity contribution is 6.33. The molecule has 2 amide bonds. The number of rotatable bonds is 3. The van der Waals surface area contributed by atoms with E-state index in [1.807, 2.05) is 0 Å². The van der Waals surface area contributed by atoms with Crippen molar-refractivity contribution in [2.24, 2.45) is 0 Å². The minimum atomic E-state index is -0.466. The van der Waals surface area contributed by atoms with E-state index < -0.39 is 5.82 Å². The van der Waals surface area contributed by atoms with Crippen LogP contribution in [0.15, 0.2) is 71.1 Å². The molecule has 6 heteroatoms. The second kappa shape index (κ2) is 6.57. The Morgan fingerprint density at radius 1 is 0.862 bits per heavy atom. The molecule has 3 aromatic carbocycles. The molecular formula is C23H13ClFNO3. The third-order valence-corrected chi connectivity index (χ3v) is 5.35. The summed E-state index contributed by atoms with van der Waals surface area (Å²) in [6.45, 7) is -0.0371. The van der Waals surface area contributed by atoms with E-state index in [1.165, 1.54) is 6.07 Å². The molecule has 5 rings (SSSR count). The molecule has 29 heavy (non-hydrogen) atoms. The number of amides is 2. The van der Waals surface area contributed by atoms with Crippen LogP contribution in [0, 0.1) is 5.82 Å². The van der Waals surface area contributed by atoms with Gasteiger partial charge in [-0.25, -0.2) is 4.39 Å². The molecule has 1 aromatic heterocycles. The standard InChI is InChI=1S/C23H13ClFNO3/c24-18-8-4-3-7-17(18)20-19(25)10-9-13-11-14(29-21(13)20)12-26-22(27)15-5-1-2-6-16(15)23(26)28/h1-11H,12H2. The maximum Gasteiger partial charge on any atom is 0.261 e. The van der Waals surface area contributed by atoms with E-state index in [-0.39, 0.29) is 23.9 Å². The molecule has 0 atom stereocenters. The molecule has 0 saturated carbocycles. The van der Waals surface area contributed by atoms with Crippen molar-refractivity contribution in [3.63, 3.8) is 0 Å². The Morgan fingerprint density at radius 3 is 2.14 bits per heavy atom. The second-order valence-electron chi connectivity index (χ2n) is 6.78. The number of halogens is 2. The summed E-state index contributed by atoms with van der Waals surface area (Å²) in [6, 6.07) is 18.3. The second-order valence-corrected chi connectivity index (χ2v) is 7.18. The van der Waals surface area contributed by atoms with Crippen LogP contribution in [0.2, 0.25) is 5.02 Å². The van der Waals surface area contributed by atoms with E-state index in [0.29, 0.717) is 38.4 Å². The SMILES string of the molecule is O=C1c2ccccc2C(=O)N1Cc1cc2ccc(F)c(-c3ccccc3Cl)c2o1. The minimum absolute atomic E-state index is 0.0371. The molecule has 0 radical (unpaired) electrons. The number of furan rings is 1. The Labute approximate surface area is 170 Å². The van der Waals surface area contributed by atoms with Gasteiger partial charge in [0.1, 0.15) is 17.2 Å². The maximum absolute atomic E-state index is 14.7. The molecule has 0 spiro atoms. The molecule has 0 N–H and O–H groups in total. The smallest absolute Gasteiger partial charge is 0.261 e. The van der Waals surface area contributed by atoms with Gasteiger partial charge < -0.3 is 4.42 Å². The molecule has 0 saturated heterocycles. The van der Waals surface area contributed by atoms with Crippen LogP contribution in [-0.2, 0) is 6.54 Å². The van der Waals surface area contributed by atoms with Gasteiger partial charge in [-0.15, -0.1) is 0 Å². The zero-order chi connectivity index (χ0) is 20.1. The van der Waals surface area contributed by atoms with Crippen LogP contribution in [0.4, 0.5) is 4.39 Å². The van der Waals surface area contributed by atoms with Gasteiger partial charge in [0.15, 0.2) is 0 Å². The van der Waals surface area contributed by atoms with Gasteiger partial charge in [-0.2, -0.15) is 0 Å². The summed E-state index contributed by atoms with van der Waals surface area (Å²) in [5, 5.41) is 1.06. The van der Waals surface area contributed by atoms with Crippen molar-refractivity contribution in [1.29, 1.82) is 0 Å². The summed E-state index contributed by atoms with van der Waals surface area (Å²) in [5.41, 5.74) is 1.83. The Balaban J connectivity index is 1.57. The first-order valence-corrected chi connectivity index (χ1v) is 9.33. The predicted octanol–water partition coefficient (Wildman–Crippen LogP) is 5.69. The Hall–Kier alpha value is -3.44. The zero-order valence-electron chi connectivity index (χ0n) is 15.0. The molecule has 4 nitrogen and oxygen atoms in total. The Bertz CT molecular complexity index is 1280. The van der Waals surface area contributed by atoms with Gasteiger partial charge in [-0.3, -0.25) is 14.5 Å². The van der Waals surface area contributed by atoms with Crippen molar-refractivity contribution in [3.8, 4) is 11.1 Å². The summed E-state index contributed by atoms with van der Waals surface area (Å²) in [7, 11) is 0. The van der Waals surface area contributed by atoms with Crippen LogP contribution in [0.3, 0.4) is 0 Å². The topological polar surface area (TPSA) is 50.5 Å². The zero-order valence-corrected chi connectivity index (χ0v) is 15.7. The van der Waals surface area contributed by atoms with E-state index >= 15 is 0 Å². The van der Waals surface area contributed by atoms with E-state index in [9.17, 15) is 14.0 Å². The van der Waals surface area contributed by atoms with Crippen molar-refractivity contribution < 1.29 is 18.4 Å². The maximum atomic E-state index is 14.7. The summed E-state index contributed by atoms with van der Waals surface area (Å²) in [6.07, 6.45) is 0. The lowest BCUT2D eigenvalue weighted by Crippen LogP contribution is -2.28. The van der Waals surface area contributed by atoms with Crippen LogP contribution in [0.25, 0.3) is 22.1 Å². The number of carbonyl (C=O) groups is 2. The van der Waals surface area contributed by atoms with Crippen LogP contribution in [0.5, 0.6) is 0 Å². The fraction of sp³-hybridized carbons (Fsp3) is 0.0435. The fourth-order valence-electron chi connectivity index (χ4n) is 3.66. The van der Waals surface area contributed by atoms with Crippen molar-refractivity contribution in [1.82, 2.24) is 4.90 Å². The van der Waals surface area contributed by atoms with Crippen molar-refractivity contribution in [3.05, 3.63) is 94.5 Å². The fourth-order valence-corrected chi connectivity index (χ4v) is 3.89. The molecule has 2 heterocycles. The van der Waals surface area contributed by atoms with Crippen LogP contribution in [0.1, 0.15) is 26.5 Å². The molecule has 1 aliphatic heterocycles. The normalized spacial score (nSPS) is 13.4. The minimum Gasteiger partial charge on any atom is -0.458 e.